The average molecular weight is 916 g/mol. The maximum atomic E-state index is 12.1. The molecule has 1 aromatic rings. The number of hydrogen-bond donors (Lipinski definition) is 2. The minimum Gasteiger partial charge on any atom is -0.332 e. The zero-order valence-electron chi connectivity index (χ0n) is 37.1. The number of aryl methyl sites for hydroxylation is 1. The number of fused-ring (bicyclic) bond motifs is 1. The number of Topliss-reactive ketones (excluding diaryl/α,β-unsaturated/α-hetero) is 4. The number of hydrogen-bond acceptors (Lipinski definition) is 14. The van der Waals surface area contributed by atoms with E-state index in [9.17, 15) is 58.6 Å². The zero-order chi connectivity index (χ0) is 46.9. The van der Waals surface area contributed by atoms with Crippen LogP contribution in [0.25, 0.3) is 0 Å². The van der Waals surface area contributed by atoms with Gasteiger partial charge >= 0.3 is 12.0 Å². The van der Waals surface area contributed by atoms with E-state index in [1.54, 1.807) is 6.92 Å². The van der Waals surface area contributed by atoms with E-state index >= 15 is 0 Å². The summed E-state index contributed by atoms with van der Waals surface area (Å²) < 4.78 is 0. The van der Waals surface area contributed by atoms with Crippen molar-refractivity contribution in [3.63, 3.8) is 0 Å². The number of ketones is 4. The Morgan fingerprint density at radius 1 is 0.672 bits per heavy atom. The lowest BCUT2D eigenvalue weighted by Gasteiger charge is -2.16. The molecular weight excluding hydrogens is 851 g/mol. The summed E-state index contributed by atoms with van der Waals surface area (Å²) >= 11 is 1.93. The second-order valence-corrected chi connectivity index (χ2v) is 18.1. The van der Waals surface area contributed by atoms with Crippen molar-refractivity contribution in [2.75, 3.05) is 5.75 Å². The SMILES string of the molecule is CC(=O)CCCCCCC(=O)CCCCC1SC[C@@H]2NC(=O)N[C@H]12.O=C(CCCCCCC(=O)CCC(=O)ON1C(=O)CCC1=O)CCCCCCc1ccc([N+](=O)[O-])cc1[N+](=O)[O-]. The number of non-ortho nitro benzene ring substituents is 1. The van der Waals surface area contributed by atoms with E-state index in [4.69, 9.17) is 4.84 Å². The molecule has 3 aliphatic rings. The summed E-state index contributed by atoms with van der Waals surface area (Å²) in [5.41, 5.74) is -0.0946. The average Bonchev–Trinajstić information content (AvgIpc) is 3.92. The molecule has 4 amide bonds. The molecule has 0 radical (unpaired) electrons. The smallest absolute Gasteiger partial charge is 0.332 e. The normalized spacial score (nSPS) is 17.5. The first-order chi connectivity index (χ1) is 30.6. The molecule has 3 fully saturated rings. The van der Waals surface area contributed by atoms with Crippen LogP contribution in [0.5, 0.6) is 0 Å². The maximum absolute atomic E-state index is 12.1. The minimum absolute atomic E-state index is 0.0143. The van der Waals surface area contributed by atoms with Crippen molar-refractivity contribution in [3.8, 4) is 0 Å². The molecule has 3 heterocycles. The number of nitro groups is 2. The second-order valence-electron chi connectivity index (χ2n) is 16.8. The highest BCUT2D eigenvalue weighted by atomic mass is 32.2. The first-order valence-electron chi connectivity index (χ1n) is 22.9. The molecule has 64 heavy (non-hydrogen) atoms. The third-order valence-electron chi connectivity index (χ3n) is 11.5. The fourth-order valence-corrected chi connectivity index (χ4v) is 9.36. The Labute approximate surface area is 378 Å². The van der Waals surface area contributed by atoms with Gasteiger partial charge in [-0.2, -0.15) is 11.8 Å². The largest absolute Gasteiger partial charge is 0.333 e. The molecule has 19 heteroatoms. The van der Waals surface area contributed by atoms with Crippen LogP contribution in [0, 0.1) is 20.2 Å². The summed E-state index contributed by atoms with van der Waals surface area (Å²) in [6.45, 7) is 1.63. The van der Waals surface area contributed by atoms with Crippen LogP contribution in [0.1, 0.15) is 173 Å². The minimum atomic E-state index is -0.788. The quantitative estimate of drug-likeness (QED) is 0.0228. The lowest BCUT2D eigenvalue weighted by molar-refractivity contribution is -0.394. The van der Waals surface area contributed by atoms with Crippen molar-refractivity contribution in [1.29, 1.82) is 0 Å². The first-order valence-corrected chi connectivity index (χ1v) is 23.9. The number of imide groups is 1. The molecule has 1 unspecified atom stereocenters. The standard InChI is InChI=1S/C27H35N3O10.C18H30N2O3S/c31-22(10-6-2-1-5-9-20-13-14-21(29(36)37)19-24(20)30(38)39)11-7-3-4-8-12-23(32)15-18-27(35)40-28-25(33)16-17-26(28)34;1-13(21)8-4-2-3-5-9-14(22)10-6-7-11-16-17-15(12-24-16)19-18(23)20-17/h13-14,19H,1-12,15-18H2;15-17H,2-12H2,1H3,(H2,19,20,23)/t;15-,16?,17-/m.0/s1. The van der Waals surface area contributed by atoms with E-state index in [1.165, 1.54) is 12.1 Å². The van der Waals surface area contributed by atoms with Crippen LogP contribution in [0.15, 0.2) is 18.2 Å². The van der Waals surface area contributed by atoms with Gasteiger partial charge in [0.25, 0.3) is 23.2 Å². The van der Waals surface area contributed by atoms with Gasteiger partial charge in [-0.25, -0.2) is 9.59 Å². The number of unbranched alkanes of at least 4 members (excludes halogenated alkanes) is 10. The Hall–Kier alpha value is -5.07. The number of thioether (sulfide) groups is 1. The van der Waals surface area contributed by atoms with E-state index in [-0.39, 0.29) is 72.5 Å². The molecule has 3 aliphatic heterocycles. The Morgan fingerprint density at radius 3 is 1.72 bits per heavy atom. The van der Waals surface area contributed by atoms with Gasteiger partial charge in [-0.05, 0) is 70.8 Å². The van der Waals surface area contributed by atoms with E-state index in [0.717, 1.165) is 95.3 Å². The topological polar surface area (TPSA) is 259 Å². The Kier molecular flexibility index (Phi) is 24.5. The van der Waals surface area contributed by atoms with Crippen molar-refractivity contribution in [2.45, 2.75) is 191 Å². The van der Waals surface area contributed by atoms with Gasteiger partial charge in [-0.3, -0.25) is 44.2 Å². The van der Waals surface area contributed by atoms with E-state index in [2.05, 4.69) is 10.6 Å². The van der Waals surface area contributed by atoms with Crippen molar-refractivity contribution in [3.05, 3.63) is 44.0 Å². The summed E-state index contributed by atoms with van der Waals surface area (Å²) in [4.78, 5) is 118. The van der Waals surface area contributed by atoms with Crippen molar-refractivity contribution < 1.29 is 53.0 Å². The van der Waals surface area contributed by atoms with Crippen LogP contribution in [0.3, 0.4) is 0 Å². The van der Waals surface area contributed by atoms with Gasteiger partial charge in [-0.1, -0.05) is 44.9 Å². The third kappa shape index (κ3) is 20.6. The number of nitrogens with one attached hydrogen (secondary N) is 2. The van der Waals surface area contributed by atoms with Gasteiger partial charge in [0.2, 0.25) is 0 Å². The highest BCUT2D eigenvalue weighted by Gasteiger charge is 2.42. The van der Waals surface area contributed by atoms with Gasteiger partial charge in [0.15, 0.2) is 0 Å². The fraction of sp³-hybridized carbons (Fsp3) is 0.689. The molecule has 0 spiro atoms. The number of nitrogens with zero attached hydrogens (tertiary/aromatic N) is 3. The lowest BCUT2D eigenvalue weighted by Crippen LogP contribution is -2.36. The zero-order valence-corrected chi connectivity index (χ0v) is 37.9. The van der Waals surface area contributed by atoms with Crippen LogP contribution in [0.2, 0.25) is 0 Å². The van der Waals surface area contributed by atoms with Gasteiger partial charge in [-0.15, -0.1) is 5.06 Å². The van der Waals surface area contributed by atoms with Crippen LogP contribution < -0.4 is 10.6 Å². The predicted molar refractivity (Wildman–Crippen MR) is 238 cm³/mol. The molecule has 0 saturated carbocycles. The van der Waals surface area contributed by atoms with Gasteiger partial charge < -0.3 is 20.3 Å². The molecular formula is C45H65N5O13S. The van der Waals surface area contributed by atoms with E-state index < -0.39 is 27.6 Å². The van der Waals surface area contributed by atoms with Crippen LogP contribution in [0.4, 0.5) is 16.2 Å². The number of urea groups is 1. The number of carbonyl (C=O) groups excluding carboxylic acids is 8. The highest BCUT2D eigenvalue weighted by Crippen LogP contribution is 2.33. The number of hydroxylamine groups is 2. The number of amides is 4. The Balaban J connectivity index is 0.000000385. The Morgan fingerprint density at radius 2 is 1.19 bits per heavy atom. The highest BCUT2D eigenvalue weighted by molar-refractivity contribution is 8.00. The number of nitro benzene ring substituents is 2. The summed E-state index contributed by atoms with van der Waals surface area (Å²) in [6, 6.07) is 4.20. The number of carbonyl (C=O) groups is 8. The fourth-order valence-electron chi connectivity index (χ4n) is 7.82. The first kappa shape index (κ1) is 53.3. The van der Waals surface area contributed by atoms with Gasteiger partial charge in [0.05, 0.1) is 34.4 Å². The number of rotatable bonds is 32. The van der Waals surface area contributed by atoms with Crippen molar-refractivity contribution in [2.24, 2.45) is 0 Å². The lowest BCUT2D eigenvalue weighted by atomic mass is 10.0. The molecule has 0 aromatic heterocycles. The molecule has 2 N–H and O–H groups in total. The second kappa shape index (κ2) is 29.4. The van der Waals surface area contributed by atoms with Crippen LogP contribution in [-0.2, 0) is 44.8 Å². The molecule has 4 rings (SSSR count). The molecule has 0 bridgehead atoms. The summed E-state index contributed by atoms with van der Waals surface area (Å²) in [7, 11) is 0. The van der Waals surface area contributed by atoms with Gasteiger partial charge in [0, 0.05) is 80.4 Å². The summed E-state index contributed by atoms with van der Waals surface area (Å²) in [5.74, 6) is -0.212. The Bertz CT molecular complexity index is 1790. The summed E-state index contributed by atoms with van der Waals surface area (Å²) in [5, 5.41) is 28.9. The maximum Gasteiger partial charge on any atom is 0.333 e. The van der Waals surface area contributed by atoms with E-state index in [0.29, 0.717) is 79.4 Å². The van der Waals surface area contributed by atoms with Crippen molar-refractivity contribution >= 4 is 70.1 Å². The molecule has 3 atom stereocenters. The van der Waals surface area contributed by atoms with Crippen LogP contribution in [-0.4, -0.2) is 84.9 Å². The molecule has 0 aliphatic carbocycles. The third-order valence-corrected chi connectivity index (χ3v) is 13.0. The molecule has 3 saturated heterocycles. The summed E-state index contributed by atoms with van der Waals surface area (Å²) in [6.07, 6.45) is 16.7. The monoisotopic (exact) mass is 915 g/mol. The van der Waals surface area contributed by atoms with E-state index in [1.807, 2.05) is 11.8 Å². The van der Waals surface area contributed by atoms with Crippen molar-refractivity contribution in [1.82, 2.24) is 15.7 Å². The molecule has 18 nitrogen and oxygen atoms in total. The van der Waals surface area contributed by atoms with Gasteiger partial charge in [0.1, 0.15) is 23.1 Å². The van der Waals surface area contributed by atoms with Crippen LogP contribution >= 0.6 is 11.8 Å². The predicted octanol–water partition coefficient (Wildman–Crippen LogP) is 8.07. The molecule has 1 aromatic carbocycles. The number of benzene rings is 1. The molecule has 354 valence electrons.